The van der Waals surface area contributed by atoms with Crippen LogP contribution in [-0.4, -0.2) is 77.8 Å². The molecule has 3 saturated carbocycles. The van der Waals surface area contributed by atoms with Crippen molar-refractivity contribution in [1.29, 1.82) is 0 Å². The first kappa shape index (κ1) is 39.6. The molecule has 0 radical (unpaired) electrons. The summed E-state index contributed by atoms with van der Waals surface area (Å²) in [6.45, 7) is 18.6. The Morgan fingerprint density at radius 1 is 1.06 bits per heavy atom. The van der Waals surface area contributed by atoms with Gasteiger partial charge in [0.2, 0.25) is 0 Å². The summed E-state index contributed by atoms with van der Waals surface area (Å²) in [6.07, 6.45) is 8.80. The Kier molecular flexibility index (Phi) is 11.8. The van der Waals surface area contributed by atoms with Crippen LogP contribution >= 0.6 is 18.9 Å². The van der Waals surface area contributed by atoms with Crippen LogP contribution in [0.25, 0.3) is 0 Å². The number of aliphatic hydroxyl groups is 2. The molecular weight excluding hydrogens is 672 g/mol. The number of ketones is 1. The van der Waals surface area contributed by atoms with Gasteiger partial charge >= 0.3 is 0 Å². The lowest BCUT2D eigenvalue weighted by Crippen LogP contribution is -2.60. The third-order valence-electron chi connectivity index (χ3n) is 15.0. The molecule has 6 fully saturated rings. The molecule has 50 heavy (non-hydrogen) atoms. The molecule has 11 heteroatoms. The van der Waals surface area contributed by atoms with E-state index in [2.05, 4.69) is 58.0 Å². The number of carbonyl (C=O) groups excluding carboxylic acids is 1. The lowest BCUT2D eigenvalue weighted by molar-refractivity contribution is -0.307. The maximum Gasteiger partial charge on any atom is 0.186 e. The van der Waals surface area contributed by atoms with Crippen molar-refractivity contribution < 1.29 is 38.3 Å². The van der Waals surface area contributed by atoms with E-state index in [0.29, 0.717) is 29.3 Å². The predicted molar refractivity (Wildman–Crippen MR) is 200 cm³/mol. The molecule has 0 bridgehead atoms. The molecule has 7 rings (SSSR count). The summed E-state index contributed by atoms with van der Waals surface area (Å²) >= 11 is 0. The van der Waals surface area contributed by atoms with E-state index in [9.17, 15) is 15.0 Å². The first-order valence-corrected chi connectivity index (χ1v) is 20.4. The molecule has 3 aliphatic heterocycles. The number of aliphatic hydroxyl groups excluding tert-OH is 2. The highest BCUT2D eigenvalue weighted by molar-refractivity contribution is 7.10. The minimum absolute atomic E-state index is 0.0376. The van der Waals surface area contributed by atoms with Gasteiger partial charge in [0.1, 0.15) is 35.9 Å². The van der Waals surface area contributed by atoms with Crippen LogP contribution in [0.4, 0.5) is 0 Å². The van der Waals surface area contributed by atoms with Crippen molar-refractivity contribution in [3.63, 3.8) is 0 Å². The zero-order chi connectivity index (χ0) is 36.4. The predicted octanol–water partition coefficient (Wildman–Crippen LogP) is 6.36. The number of Topliss-reactive ketones (excluding diaryl/α,β-unsaturated/α-hetero) is 1. The number of nitrogens with one attached hydrogen (secondary N) is 1. The molecule has 3 N–H and O–H groups in total. The molecule has 4 aliphatic carbocycles. The highest BCUT2D eigenvalue weighted by Gasteiger charge is 2.68. The van der Waals surface area contributed by atoms with Crippen LogP contribution in [0.1, 0.15) is 113 Å². The van der Waals surface area contributed by atoms with Gasteiger partial charge in [-0.1, -0.05) is 60.1 Å². The van der Waals surface area contributed by atoms with Crippen molar-refractivity contribution in [2.24, 2.45) is 51.8 Å². The summed E-state index contributed by atoms with van der Waals surface area (Å²) in [4.78, 5) is 10.5. The number of ether oxygens (including phenoxy) is 3. The van der Waals surface area contributed by atoms with Crippen LogP contribution in [0.3, 0.4) is 0 Å². The second kappa shape index (κ2) is 14.9. The molecule has 3 heterocycles. The fourth-order valence-corrected chi connectivity index (χ4v) is 12.0. The molecular formula is C39H67NO8P2. The van der Waals surface area contributed by atoms with Gasteiger partial charge in [-0.25, -0.2) is 0 Å². The first-order chi connectivity index (χ1) is 23.5. The second-order valence-electron chi connectivity index (χ2n) is 18.7. The third kappa shape index (κ3) is 6.99. The van der Waals surface area contributed by atoms with Crippen LogP contribution < -0.4 is 5.32 Å². The Morgan fingerprint density at radius 3 is 2.40 bits per heavy atom. The molecule has 18 atom stereocenters. The van der Waals surface area contributed by atoms with Gasteiger partial charge in [-0.2, -0.15) is 0 Å². The van der Waals surface area contributed by atoms with Gasteiger partial charge in [0.15, 0.2) is 6.29 Å². The standard InChI is InChI=1S/C33H55NO7P2.C6H12O/c1-17-7-12-33(34-15-17)18(2)26-24(40-33)14-23-21-6-5-19-13-20(8-10-31(19,3)22(21)9-11-32(23,26)4)38-30-28(36)29(41-43)27(35)25(39-30)16-37-42;1-5(7)6(2,3)4/h5,17-18,20-30,34-36H,6-16,42-43H2,1-4H3;1-4H3/t17?,18-,20-,21?,22?,23?,24?,25?,26?,27+,28?,29-,30+,31-,32-,33?;/m0./s1. The van der Waals surface area contributed by atoms with E-state index >= 15 is 0 Å². The maximum absolute atomic E-state index is 10.9. The number of hydrogen-bond acceptors (Lipinski definition) is 9. The van der Waals surface area contributed by atoms with Crippen LogP contribution in [0.5, 0.6) is 0 Å². The van der Waals surface area contributed by atoms with Crippen molar-refractivity contribution in [2.75, 3.05) is 13.2 Å². The zero-order valence-corrected chi connectivity index (χ0v) is 34.2. The zero-order valence-electron chi connectivity index (χ0n) is 31.9. The summed E-state index contributed by atoms with van der Waals surface area (Å²) in [5.74, 6) is 4.35. The van der Waals surface area contributed by atoms with Crippen LogP contribution in [0.2, 0.25) is 0 Å². The van der Waals surface area contributed by atoms with E-state index in [0.717, 1.165) is 56.4 Å². The van der Waals surface area contributed by atoms with Crippen molar-refractivity contribution >= 4 is 24.7 Å². The number of rotatable bonds is 5. The van der Waals surface area contributed by atoms with E-state index in [4.69, 9.17) is 23.3 Å². The molecule has 9 nitrogen and oxygen atoms in total. The highest BCUT2D eigenvalue weighted by atomic mass is 31.0. The summed E-state index contributed by atoms with van der Waals surface area (Å²) in [5, 5.41) is 25.4. The van der Waals surface area contributed by atoms with Crippen molar-refractivity contribution in [3.05, 3.63) is 11.6 Å². The lowest BCUT2D eigenvalue weighted by atomic mass is 9.47. The number of carbonyl (C=O) groups is 1. The Balaban J connectivity index is 0.000000561. The smallest absolute Gasteiger partial charge is 0.186 e. The molecule has 7 aliphatic rings. The number of piperidine rings is 1. The van der Waals surface area contributed by atoms with Gasteiger partial charge < -0.3 is 33.5 Å². The minimum Gasteiger partial charge on any atom is -0.387 e. The normalized spacial score (nSPS) is 49.9. The van der Waals surface area contributed by atoms with Crippen LogP contribution in [0.15, 0.2) is 11.6 Å². The molecule has 11 unspecified atom stereocenters. The van der Waals surface area contributed by atoms with Gasteiger partial charge in [-0.3, -0.25) is 10.1 Å². The SMILES string of the molecule is CC(=O)C(C)(C)C.CC1CCC2(NC1)OC1CC3C4CC=C5C[C@@H](O[C@@H]6OC(COP)[C@@H](O)[C@H](OP)C6O)CC[C@]5(C)C4CC[C@]3(C)C1[C@@H]2C. The van der Waals surface area contributed by atoms with Crippen molar-refractivity contribution in [3.8, 4) is 0 Å². The van der Waals surface area contributed by atoms with Gasteiger partial charge in [0.05, 0.1) is 18.8 Å². The maximum atomic E-state index is 10.9. The summed E-state index contributed by atoms with van der Waals surface area (Å²) in [6, 6.07) is 0. The van der Waals surface area contributed by atoms with E-state index in [1.165, 1.54) is 31.3 Å². The molecule has 1 spiro atoms. The minimum atomic E-state index is -1.08. The quantitative estimate of drug-likeness (QED) is 0.219. The van der Waals surface area contributed by atoms with E-state index in [-0.39, 0.29) is 35.0 Å². The molecule has 0 amide bonds. The first-order valence-electron chi connectivity index (χ1n) is 19.5. The van der Waals surface area contributed by atoms with Gasteiger partial charge in [0, 0.05) is 36.8 Å². The topological polar surface area (TPSA) is 116 Å². The largest absolute Gasteiger partial charge is 0.387 e. The summed E-state index contributed by atoms with van der Waals surface area (Å²) in [7, 11) is 4.34. The van der Waals surface area contributed by atoms with E-state index in [1.54, 1.807) is 6.92 Å². The second-order valence-corrected chi connectivity index (χ2v) is 19.3. The number of hydrogen-bond donors (Lipinski definition) is 3. The van der Waals surface area contributed by atoms with Crippen LogP contribution in [0, 0.1) is 51.8 Å². The Bertz CT molecular complexity index is 1250. The number of allylic oxidation sites excluding steroid dienone is 1. The molecule has 3 saturated heterocycles. The molecule has 286 valence electrons. The van der Waals surface area contributed by atoms with E-state index < -0.39 is 30.7 Å². The average molecular weight is 740 g/mol. The molecule has 0 aromatic carbocycles. The number of fused-ring (bicyclic) bond motifs is 7. The van der Waals surface area contributed by atoms with Gasteiger partial charge in [-0.15, -0.1) is 0 Å². The molecule has 0 aromatic rings. The Hall–Kier alpha value is -0.0500. The van der Waals surface area contributed by atoms with Gasteiger partial charge in [0.25, 0.3) is 0 Å². The summed E-state index contributed by atoms with van der Waals surface area (Å²) in [5.41, 5.74) is 1.84. The molecule has 0 aromatic heterocycles. The lowest BCUT2D eigenvalue weighted by Gasteiger charge is -2.59. The Morgan fingerprint density at radius 2 is 1.78 bits per heavy atom. The fourth-order valence-electron chi connectivity index (χ4n) is 11.5. The Labute approximate surface area is 306 Å². The van der Waals surface area contributed by atoms with Crippen molar-refractivity contribution in [2.45, 2.75) is 162 Å². The highest BCUT2D eigenvalue weighted by Crippen LogP contribution is 2.70. The third-order valence-corrected chi connectivity index (χ3v) is 15.5. The average Bonchev–Trinajstić information content (AvgIpc) is 3.50. The van der Waals surface area contributed by atoms with Gasteiger partial charge in [-0.05, 0) is 105 Å². The van der Waals surface area contributed by atoms with Crippen molar-refractivity contribution in [1.82, 2.24) is 5.32 Å². The van der Waals surface area contributed by atoms with Crippen LogP contribution in [-0.2, 0) is 28.1 Å². The monoisotopic (exact) mass is 739 g/mol. The fraction of sp³-hybridized carbons (Fsp3) is 0.923. The van der Waals surface area contributed by atoms with E-state index in [1.807, 2.05) is 20.8 Å². The summed E-state index contributed by atoms with van der Waals surface area (Å²) < 4.78 is 30.0.